The van der Waals surface area contributed by atoms with Gasteiger partial charge in [0.15, 0.2) is 6.29 Å². The summed E-state index contributed by atoms with van der Waals surface area (Å²) in [6.45, 7) is 5.88. The van der Waals surface area contributed by atoms with Gasteiger partial charge in [-0.3, -0.25) is 4.79 Å². The first-order valence-corrected chi connectivity index (χ1v) is 24.7. The Kier molecular flexibility index (Phi) is 36.3. The summed E-state index contributed by atoms with van der Waals surface area (Å²) in [6, 6.07) is -0.921. The largest absolute Gasteiger partial charge is 0.390 e. The molecule has 0 spiro atoms. The van der Waals surface area contributed by atoms with Crippen LogP contribution in [-0.4, -0.2) is 87.0 Å². The molecule has 0 bridgehead atoms. The Morgan fingerprint density at radius 3 is 1.26 bits per heavy atom. The Hall–Kier alpha value is -0.810. The molecule has 0 aromatic heterocycles. The van der Waals surface area contributed by atoms with Crippen LogP contribution >= 0.6 is 0 Å². The Balaban J connectivity index is 2.26. The summed E-state index contributed by atoms with van der Waals surface area (Å²) in [7, 11) is 0. The Bertz CT molecular complexity index is 879. The highest BCUT2D eigenvalue weighted by Crippen LogP contribution is 2.23. The molecule has 0 aliphatic carbocycles. The summed E-state index contributed by atoms with van der Waals surface area (Å²) in [6.07, 6.45) is 34.2. The summed E-state index contributed by atoms with van der Waals surface area (Å²) in [5.41, 5.74) is 0. The molecule has 6 N–H and O–H groups in total. The average molecular weight is 814 g/mol. The number of amides is 1. The van der Waals surface area contributed by atoms with Crippen molar-refractivity contribution in [3.8, 4) is 0 Å². The monoisotopic (exact) mass is 814 g/mol. The van der Waals surface area contributed by atoms with E-state index in [0.29, 0.717) is 12.8 Å². The lowest BCUT2D eigenvalue weighted by Crippen LogP contribution is -2.58. The number of hydrogen-bond acceptors (Lipinski definition) is 8. The zero-order valence-corrected chi connectivity index (χ0v) is 37.5. The molecule has 1 heterocycles. The highest BCUT2D eigenvalue weighted by molar-refractivity contribution is 5.76. The third-order valence-corrected chi connectivity index (χ3v) is 12.3. The van der Waals surface area contributed by atoms with Crippen molar-refractivity contribution in [1.82, 2.24) is 5.32 Å². The molecule has 1 amide bonds. The number of hydrogen-bond donors (Lipinski definition) is 6. The van der Waals surface area contributed by atoms with Crippen LogP contribution in [0.2, 0.25) is 0 Å². The highest BCUT2D eigenvalue weighted by Gasteiger charge is 2.43. The fourth-order valence-electron chi connectivity index (χ4n) is 8.21. The van der Waals surface area contributed by atoms with E-state index in [9.17, 15) is 30.3 Å². The molecule has 2 unspecified atom stereocenters. The fourth-order valence-corrected chi connectivity index (χ4v) is 8.21. The normalized spacial score (nSPS) is 21.4. The first-order valence-electron chi connectivity index (χ1n) is 24.7. The molecule has 8 atom stereocenters. The van der Waals surface area contributed by atoms with Crippen molar-refractivity contribution >= 4 is 5.91 Å². The molecule has 1 saturated heterocycles. The first kappa shape index (κ1) is 54.2. The number of aliphatic hydroxyl groups excluding tert-OH is 5. The van der Waals surface area contributed by atoms with Gasteiger partial charge in [-0.25, -0.2) is 0 Å². The smallest absolute Gasteiger partial charge is 0.220 e. The molecule has 1 aliphatic rings. The van der Waals surface area contributed by atoms with Crippen LogP contribution in [-0.2, 0) is 14.3 Å². The molecule has 1 rings (SSSR count). The van der Waals surface area contributed by atoms with Gasteiger partial charge in [0.25, 0.3) is 0 Å². The summed E-state index contributed by atoms with van der Waals surface area (Å²) in [5, 5.41) is 55.6. The van der Waals surface area contributed by atoms with E-state index in [2.05, 4.69) is 19.2 Å². The average Bonchev–Trinajstić information content (AvgIpc) is 3.20. The Labute approximate surface area is 351 Å². The van der Waals surface area contributed by atoms with Crippen LogP contribution in [0.1, 0.15) is 245 Å². The standard InChI is InChI=1S/C48H95NO8/c1-4-6-8-10-12-14-16-18-19-20-21-22-23-24-25-26-28-30-32-34-36-38-43(51)49-41(39-56-48-47(55)46(54)44(52)40(3)57-48)45(53)42(50)37-35-33-31-29-27-17-15-13-11-9-7-5-2/h40-42,44-48,50,52-55H,4-39H2,1-3H3,(H,49,51)/t40?,41-,42+,44-,45-,46+,47?,48+/m0/s1. The van der Waals surface area contributed by atoms with Crippen LogP contribution in [0.25, 0.3) is 0 Å². The van der Waals surface area contributed by atoms with Gasteiger partial charge in [0.1, 0.15) is 24.4 Å². The molecule has 1 aliphatic heterocycles. The number of unbranched alkanes of at least 4 members (excludes halogenated alkanes) is 31. The van der Waals surface area contributed by atoms with E-state index >= 15 is 0 Å². The van der Waals surface area contributed by atoms with E-state index in [1.54, 1.807) is 6.92 Å². The van der Waals surface area contributed by atoms with Gasteiger partial charge in [-0.15, -0.1) is 0 Å². The van der Waals surface area contributed by atoms with E-state index < -0.39 is 49.0 Å². The van der Waals surface area contributed by atoms with Gasteiger partial charge >= 0.3 is 0 Å². The molecule has 57 heavy (non-hydrogen) atoms. The number of rotatable bonds is 41. The lowest BCUT2D eigenvalue weighted by Gasteiger charge is -2.39. The Morgan fingerprint density at radius 2 is 0.877 bits per heavy atom. The quantitative estimate of drug-likeness (QED) is 0.0334. The third kappa shape index (κ3) is 29.1. The molecule has 9 heteroatoms. The van der Waals surface area contributed by atoms with Gasteiger partial charge in [0.05, 0.1) is 24.9 Å². The number of nitrogens with one attached hydrogen (secondary N) is 1. The van der Waals surface area contributed by atoms with Crippen molar-refractivity contribution in [2.75, 3.05) is 6.61 Å². The molecular weight excluding hydrogens is 719 g/mol. The zero-order valence-electron chi connectivity index (χ0n) is 37.5. The van der Waals surface area contributed by atoms with E-state index in [1.807, 2.05) is 0 Å². The molecule has 0 saturated carbocycles. The predicted octanol–water partition coefficient (Wildman–Crippen LogP) is 10.7. The lowest BCUT2D eigenvalue weighted by atomic mass is 9.98. The van der Waals surface area contributed by atoms with Gasteiger partial charge in [0, 0.05) is 6.42 Å². The van der Waals surface area contributed by atoms with Crippen LogP contribution in [0.5, 0.6) is 0 Å². The molecular formula is C48H95NO8. The SMILES string of the molecule is CCCCCCCCCCCCCCCCCCCCCCCC(=O)N[C@@H](CO[C@@H]1OC(C)[C@H](O)[C@@H](O)C1O)[C@H](O)[C@H](O)CCCCCCCCCCCCCC. The van der Waals surface area contributed by atoms with Crippen molar-refractivity contribution in [3.05, 3.63) is 0 Å². The molecule has 1 fully saturated rings. The van der Waals surface area contributed by atoms with Crippen molar-refractivity contribution in [2.45, 2.75) is 294 Å². The number of ether oxygens (including phenoxy) is 2. The third-order valence-electron chi connectivity index (χ3n) is 12.3. The maximum absolute atomic E-state index is 13.0. The second kappa shape index (κ2) is 38.1. The van der Waals surface area contributed by atoms with Crippen LogP contribution in [0.3, 0.4) is 0 Å². The molecule has 9 nitrogen and oxygen atoms in total. The maximum atomic E-state index is 13.0. The van der Waals surface area contributed by atoms with Crippen LogP contribution < -0.4 is 5.32 Å². The van der Waals surface area contributed by atoms with E-state index in [4.69, 9.17) is 9.47 Å². The topological polar surface area (TPSA) is 149 Å². The van der Waals surface area contributed by atoms with E-state index in [-0.39, 0.29) is 12.5 Å². The number of carbonyl (C=O) groups excluding carboxylic acids is 1. The second-order valence-electron chi connectivity index (χ2n) is 17.7. The van der Waals surface area contributed by atoms with Crippen molar-refractivity contribution in [3.63, 3.8) is 0 Å². The number of carbonyl (C=O) groups is 1. The minimum absolute atomic E-state index is 0.216. The van der Waals surface area contributed by atoms with Gasteiger partial charge < -0.3 is 40.3 Å². The summed E-state index contributed by atoms with van der Waals surface area (Å²) < 4.78 is 11.3. The van der Waals surface area contributed by atoms with Gasteiger partial charge in [-0.05, 0) is 19.8 Å². The van der Waals surface area contributed by atoms with Gasteiger partial charge in [-0.2, -0.15) is 0 Å². The van der Waals surface area contributed by atoms with Gasteiger partial charge in [0.2, 0.25) is 5.91 Å². The Morgan fingerprint density at radius 1 is 0.526 bits per heavy atom. The molecule has 340 valence electrons. The zero-order chi connectivity index (χ0) is 41.8. The van der Waals surface area contributed by atoms with Crippen LogP contribution in [0, 0.1) is 0 Å². The fraction of sp³-hybridized carbons (Fsp3) is 0.979. The minimum atomic E-state index is -1.49. The van der Waals surface area contributed by atoms with Gasteiger partial charge in [-0.1, -0.05) is 219 Å². The highest BCUT2D eigenvalue weighted by atomic mass is 16.7. The van der Waals surface area contributed by atoms with Crippen molar-refractivity contribution < 1.29 is 39.8 Å². The summed E-state index contributed by atoms with van der Waals surface area (Å²) in [5.74, 6) is -0.216. The van der Waals surface area contributed by atoms with Crippen LogP contribution in [0.4, 0.5) is 0 Å². The van der Waals surface area contributed by atoms with Crippen molar-refractivity contribution in [2.24, 2.45) is 0 Å². The minimum Gasteiger partial charge on any atom is -0.390 e. The second-order valence-corrected chi connectivity index (χ2v) is 17.7. The predicted molar refractivity (Wildman–Crippen MR) is 235 cm³/mol. The van der Waals surface area contributed by atoms with E-state index in [0.717, 1.165) is 38.5 Å². The number of aliphatic hydroxyl groups is 5. The van der Waals surface area contributed by atoms with Crippen molar-refractivity contribution in [1.29, 1.82) is 0 Å². The lowest BCUT2D eigenvalue weighted by molar-refractivity contribution is -0.295. The molecule has 0 aromatic rings. The summed E-state index contributed by atoms with van der Waals surface area (Å²) >= 11 is 0. The summed E-state index contributed by atoms with van der Waals surface area (Å²) in [4.78, 5) is 13.0. The molecule has 0 aromatic carbocycles. The maximum Gasteiger partial charge on any atom is 0.220 e. The first-order chi connectivity index (χ1) is 27.7. The van der Waals surface area contributed by atoms with Crippen LogP contribution in [0.15, 0.2) is 0 Å². The molecule has 0 radical (unpaired) electrons. The van der Waals surface area contributed by atoms with E-state index in [1.165, 1.54) is 173 Å².